The third-order valence-corrected chi connectivity index (χ3v) is 8.48. The van der Waals surface area contributed by atoms with Crippen LogP contribution in [-0.2, 0) is 33.2 Å². The maximum Gasteiger partial charge on any atom is 0.508 e. The van der Waals surface area contributed by atoms with Crippen LogP contribution in [0.4, 0.5) is 4.79 Å². The van der Waals surface area contributed by atoms with Crippen LogP contribution in [0.25, 0.3) is 11.1 Å². The topological polar surface area (TPSA) is 89.5 Å². The van der Waals surface area contributed by atoms with Crippen molar-refractivity contribution >= 4 is 23.9 Å². The number of hydrogen-bond acceptors (Lipinski definition) is 9. The van der Waals surface area contributed by atoms with Crippen LogP contribution in [0.15, 0.2) is 48.5 Å². The lowest BCUT2D eigenvalue weighted by Crippen LogP contribution is -2.62. The van der Waals surface area contributed by atoms with Crippen LogP contribution in [-0.4, -0.2) is 74.7 Å². The van der Waals surface area contributed by atoms with Crippen molar-refractivity contribution in [3.63, 3.8) is 0 Å². The molecule has 8 nitrogen and oxygen atoms in total. The second kappa shape index (κ2) is 15.6. The van der Waals surface area contributed by atoms with E-state index in [1.54, 1.807) is 0 Å². The van der Waals surface area contributed by atoms with E-state index in [1.807, 2.05) is 31.2 Å². The zero-order valence-corrected chi connectivity index (χ0v) is 25.2. The molecule has 2 aromatic carbocycles. The number of benzene rings is 2. The number of fused-ring (bicyclic) bond motifs is 3. The first kappa shape index (κ1) is 31.3. The molecule has 1 aliphatic heterocycles. The van der Waals surface area contributed by atoms with Crippen molar-refractivity contribution in [2.24, 2.45) is 0 Å². The van der Waals surface area contributed by atoms with Gasteiger partial charge in [-0.05, 0) is 40.8 Å². The van der Waals surface area contributed by atoms with Crippen LogP contribution in [0.3, 0.4) is 0 Å². The minimum Gasteiger partial charge on any atom is -0.467 e. The van der Waals surface area contributed by atoms with Gasteiger partial charge in [-0.3, -0.25) is 0 Å². The molecule has 1 saturated heterocycles. The van der Waals surface area contributed by atoms with Crippen LogP contribution in [0.2, 0.25) is 0 Å². The minimum absolute atomic E-state index is 0.0927. The number of thioether (sulfide) groups is 1. The summed E-state index contributed by atoms with van der Waals surface area (Å²) in [4.78, 5) is 26.2. The Morgan fingerprint density at radius 1 is 0.829 bits per heavy atom. The Morgan fingerprint density at radius 2 is 1.41 bits per heavy atom. The van der Waals surface area contributed by atoms with E-state index in [9.17, 15) is 9.59 Å². The minimum atomic E-state index is -1.18. The molecule has 0 aromatic heterocycles. The molecule has 0 radical (unpaired) electrons. The van der Waals surface area contributed by atoms with Crippen LogP contribution in [0.1, 0.15) is 63.5 Å². The van der Waals surface area contributed by atoms with Crippen molar-refractivity contribution in [2.45, 2.75) is 82.2 Å². The highest BCUT2D eigenvalue weighted by Crippen LogP contribution is 2.44. The lowest BCUT2D eigenvalue weighted by Gasteiger charge is -2.44. The monoisotopic (exact) mass is 586 g/mol. The lowest BCUT2D eigenvalue weighted by molar-refractivity contribution is -0.234. The van der Waals surface area contributed by atoms with Crippen LogP contribution in [0.5, 0.6) is 0 Å². The molecule has 2 aliphatic rings. The Bertz CT molecular complexity index is 1090. The summed E-state index contributed by atoms with van der Waals surface area (Å²) in [5.41, 5.74) is 3.97. The molecule has 0 spiro atoms. The second-order valence-electron chi connectivity index (χ2n) is 10.2. The van der Waals surface area contributed by atoms with Gasteiger partial charge < -0.3 is 28.4 Å². The van der Waals surface area contributed by atoms with Gasteiger partial charge in [0.25, 0.3) is 0 Å². The van der Waals surface area contributed by atoms with E-state index in [4.69, 9.17) is 28.4 Å². The van der Waals surface area contributed by atoms with Gasteiger partial charge in [-0.25, -0.2) is 9.59 Å². The maximum absolute atomic E-state index is 13.2. The van der Waals surface area contributed by atoms with Crippen LogP contribution < -0.4 is 0 Å². The van der Waals surface area contributed by atoms with Crippen molar-refractivity contribution in [2.75, 3.05) is 32.7 Å². The largest absolute Gasteiger partial charge is 0.508 e. The number of esters is 1. The Kier molecular flexibility index (Phi) is 11.9. The zero-order valence-electron chi connectivity index (χ0n) is 24.4. The SMILES string of the molecule is CCCCOC1[C@H](SCC)OC(C(=O)OC)[C@H](OC(=O)OCC2c3ccccc3-c3ccccc32)[C@H]1OCCCC. The van der Waals surface area contributed by atoms with E-state index in [-0.39, 0.29) is 12.5 Å². The Hall–Kier alpha value is -2.59. The molecule has 4 rings (SSSR count). The molecule has 9 heteroatoms. The zero-order chi connectivity index (χ0) is 29.2. The lowest BCUT2D eigenvalue weighted by atomic mass is 9.98. The fourth-order valence-electron chi connectivity index (χ4n) is 5.37. The Labute approximate surface area is 247 Å². The standard InChI is InChI=1S/C32H42O8S/c1-5-8-18-36-26-27(28(30(33)35-4)39-31(41-7-3)29(26)37-19-9-6-2)40-32(34)38-20-25-23-16-12-10-14-21(23)22-15-11-13-17-24(22)25/h10-17,25-29,31H,5-9,18-20H2,1-4H3/t26-,27-,28?,29?,31+/m1/s1. The molecule has 0 N–H and O–H groups in total. The summed E-state index contributed by atoms with van der Waals surface area (Å²) in [5, 5.41) is 0. The van der Waals surface area contributed by atoms with Gasteiger partial charge in [0.05, 0.1) is 7.11 Å². The van der Waals surface area contributed by atoms with Crippen LogP contribution in [0, 0.1) is 0 Å². The summed E-state index contributed by atoms with van der Waals surface area (Å²) in [6.45, 7) is 7.19. The van der Waals surface area contributed by atoms with Gasteiger partial charge >= 0.3 is 12.1 Å². The third-order valence-electron chi connectivity index (χ3n) is 7.44. The summed E-state index contributed by atoms with van der Waals surface area (Å²) in [7, 11) is 1.29. The van der Waals surface area contributed by atoms with Gasteiger partial charge in [0.1, 0.15) is 24.3 Å². The van der Waals surface area contributed by atoms with Crippen molar-refractivity contribution in [1.82, 2.24) is 0 Å². The molecular weight excluding hydrogens is 544 g/mol. The van der Waals surface area contributed by atoms with E-state index >= 15 is 0 Å². The fourth-order valence-corrected chi connectivity index (χ4v) is 6.32. The Morgan fingerprint density at radius 3 is 1.98 bits per heavy atom. The molecule has 0 saturated carbocycles. The first-order chi connectivity index (χ1) is 20.0. The summed E-state index contributed by atoms with van der Waals surface area (Å²) >= 11 is 1.52. The van der Waals surface area contributed by atoms with E-state index < -0.39 is 42.0 Å². The number of unbranched alkanes of at least 4 members (excludes halogenated alkanes) is 2. The molecular formula is C32H42O8S. The highest BCUT2D eigenvalue weighted by atomic mass is 32.2. The average Bonchev–Trinajstić information content (AvgIpc) is 3.31. The number of hydrogen-bond donors (Lipinski definition) is 0. The predicted octanol–water partition coefficient (Wildman–Crippen LogP) is 6.34. The van der Waals surface area contributed by atoms with Gasteiger partial charge in [-0.15, -0.1) is 11.8 Å². The number of rotatable bonds is 14. The molecule has 224 valence electrons. The summed E-state index contributed by atoms with van der Waals surface area (Å²) < 4.78 is 35.4. The normalized spacial score (nSPS) is 23.5. The van der Waals surface area contributed by atoms with Crippen LogP contribution >= 0.6 is 11.8 Å². The van der Waals surface area contributed by atoms with Gasteiger partial charge in [-0.2, -0.15) is 0 Å². The second-order valence-corrected chi connectivity index (χ2v) is 11.5. The highest BCUT2D eigenvalue weighted by molar-refractivity contribution is 7.99. The number of carbonyl (C=O) groups excluding carboxylic acids is 2. The molecule has 2 aromatic rings. The first-order valence-corrected chi connectivity index (χ1v) is 15.7. The van der Waals surface area contributed by atoms with Gasteiger partial charge in [0.15, 0.2) is 12.2 Å². The fraction of sp³-hybridized carbons (Fsp3) is 0.562. The highest BCUT2D eigenvalue weighted by Gasteiger charge is 2.53. The van der Waals surface area contributed by atoms with Crippen molar-refractivity contribution in [1.29, 1.82) is 0 Å². The first-order valence-electron chi connectivity index (χ1n) is 14.6. The summed E-state index contributed by atoms with van der Waals surface area (Å²) in [6.07, 6.45) is -0.895. The molecule has 5 atom stereocenters. The molecule has 41 heavy (non-hydrogen) atoms. The molecule has 2 unspecified atom stereocenters. The summed E-state index contributed by atoms with van der Waals surface area (Å²) in [6, 6.07) is 16.2. The van der Waals surface area contributed by atoms with Crippen molar-refractivity contribution < 1.29 is 38.0 Å². The van der Waals surface area contributed by atoms with Gasteiger partial charge in [0.2, 0.25) is 0 Å². The number of carbonyl (C=O) groups is 2. The maximum atomic E-state index is 13.2. The number of methoxy groups -OCH3 is 1. The van der Waals surface area contributed by atoms with Gasteiger partial charge in [-0.1, -0.05) is 82.1 Å². The van der Waals surface area contributed by atoms with E-state index in [0.717, 1.165) is 53.7 Å². The van der Waals surface area contributed by atoms with E-state index in [0.29, 0.717) is 13.2 Å². The number of ether oxygens (including phenoxy) is 6. The molecule has 1 aliphatic carbocycles. The van der Waals surface area contributed by atoms with E-state index in [2.05, 4.69) is 38.1 Å². The van der Waals surface area contributed by atoms with Gasteiger partial charge in [0, 0.05) is 19.1 Å². The van der Waals surface area contributed by atoms with E-state index in [1.165, 1.54) is 18.9 Å². The molecule has 0 bridgehead atoms. The summed E-state index contributed by atoms with van der Waals surface area (Å²) in [5.74, 6) is -0.0218. The quantitative estimate of drug-likeness (QED) is 0.186. The van der Waals surface area contributed by atoms with Crippen molar-refractivity contribution in [3.05, 3.63) is 59.7 Å². The third kappa shape index (κ3) is 7.44. The average molecular weight is 587 g/mol. The van der Waals surface area contributed by atoms with Crippen molar-refractivity contribution in [3.8, 4) is 11.1 Å². The molecule has 0 amide bonds. The molecule has 1 heterocycles. The predicted molar refractivity (Wildman–Crippen MR) is 158 cm³/mol. The smallest absolute Gasteiger partial charge is 0.467 e. The molecule has 1 fully saturated rings. The Balaban J connectivity index is 1.54.